The fourth-order valence-electron chi connectivity index (χ4n) is 2.72. The minimum absolute atomic E-state index is 0.0178. The summed E-state index contributed by atoms with van der Waals surface area (Å²) in [6, 6.07) is 2.20. The van der Waals surface area contributed by atoms with Crippen molar-refractivity contribution in [1.29, 1.82) is 0 Å². The van der Waals surface area contributed by atoms with Gasteiger partial charge in [-0.1, -0.05) is 25.7 Å². The van der Waals surface area contributed by atoms with Crippen molar-refractivity contribution in [2.45, 2.75) is 46.1 Å². The quantitative estimate of drug-likeness (QED) is 0.844. The average Bonchev–Trinajstić information content (AvgIpc) is 2.97. The molecule has 1 aliphatic carbocycles. The van der Waals surface area contributed by atoms with Gasteiger partial charge in [0.2, 0.25) is 0 Å². The summed E-state index contributed by atoms with van der Waals surface area (Å²) in [5, 5.41) is 11.9. The van der Waals surface area contributed by atoms with Crippen LogP contribution in [0, 0.1) is 30.6 Å². The lowest BCUT2D eigenvalue weighted by molar-refractivity contribution is 0.0931. The number of hydrogen-bond donors (Lipinski definition) is 2. The Balaban J connectivity index is 2.04. The molecule has 0 aliphatic heterocycles. The van der Waals surface area contributed by atoms with Crippen LogP contribution in [0.1, 0.15) is 53.2 Å². The van der Waals surface area contributed by atoms with Gasteiger partial charge in [-0.3, -0.25) is 4.79 Å². The van der Waals surface area contributed by atoms with Crippen molar-refractivity contribution in [3.8, 4) is 11.8 Å². The molecule has 1 amide bonds. The molecule has 3 atom stereocenters. The Morgan fingerprint density at radius 3 is 2.86 bits per heavy atom. The van der Waals surface area contributed by atoms with E-state index in [4.69, 9.17) is 5.11 Å². The predicted octanol–water partition coefficient (Wildman–Crippen LogP) is 2.95. The van der Waals surface area contributed by atoms with Crippen LogP contribution in [0.3, 0.4) is 0 Å². The number of aliphatic hydroxyl groups excluding tert-OH is 1. The number of rotatable bonds is 3. The lowest BCUT2D eigenvalue weighted by Gasteiger charge is -2.19. The van der Waals surface area contributed by atoms with E-state index in [2.05, 4.69) is 31.0 Å². The molecule has 21 heavy (non-hydrogen) atoms. The zero-order valence-corrected chi connectivity index (χ0v) is 13.7. The van der Waals surface area contributed by atoms with Crippen LogP contribution < -0.4 is 5.32 Å². The molecule has 0 bridgehead atoms. The molecule has 114 valence electrons. The number of carbonyl (C=O) groups excluding carboxylic acids is 1. The van der Waals surface area contributed by atoms with Crippen molar-refractivity contribution in [2.24, 2.45) is 11.8 Å². The van der Waals surface area contributed by atoms with E-state index in [9.17, 15) is 4.79 Å². The number of thiophene rings is 1. The first-order valence-electron chi connectivity index (χ1n) is 7.54. The Bertz CT molecular complexity index is 567. The van der Waals surface area contributed by atoms with Gasteiger partial charge in [0.1, 0.15) is 0 Å². The van der Waals surface area contributed by atoms with E-state index in [1.807, 2.05) is 13.0 Å². The van der Waals surface area contributed by atoms with Crippen molar-refractivity contribution in [3.63, 3.8) is 0 Å². The maximum absolute atomic E-state index is 12.4. The largest absolute Gasteiger partial charge is 0.395 e. The predicted molar refractivity (Wildman–Crippen MR) is 86.5 cm³/mol. The van der Waals surface area contributed by atoms with Gasteiger partial charge < -0.3 is 10.4 Å². The zero-order valence-electron chi connectivity index (χ0n) is 12.9. The van der Waals surface area contributed by atoms with Crippen LogP contribution in [-0.2, 0) is 0 Å². The number of nitrogens with one attached hydrogen (secondary N) is 1. The minimum atomic E-state index is 0.0178. The van der Waals surface area contributed by atoms with Crippen molar-refractivity contribution < 1.29 is 9.90 Å². The van der Waals surface area contributed by atoms with Gasteiger partial charge in [-0.25, -0.2) is 0 Å². The van der Waals surface area contributed by atoms with Gasteiger partial charge in [0.05, 0.1) is 16.4 Å². The molecule has 0 spiro atoms. The molecule has 0 radical (unpaired) electrons. The SMILES string of the molecule is Cc1cc(C(=O)NC2CCC(C)C2C)sc1C#CCCO. The fraction of sp³-hybridized carbons (Fsp3) is 0.588. The Morgan fingerprint density at radius 1 is 1.48 bits per heavy atom. The third kappa shape index (κ3) is 3.87. The summed E-state index contributed by atoms with van der Waals surface area (Å²) in [6.45, 7) is 6.51. The van der Waals surface area contributed by atoms with E-state index in [0.717, 1.165) is 21.7 Å². The second kappa shape index (κ2) is 7.11. The molecule has 1 aromatic rings. The summed E-state index contributed by atoms with van der Waals surface area (Å²) in [5.41, 5.74) is 1.03. The standard InChI is InChI=1S/C17H23NO2S/c1-11-7-8-14(13(11)3)18-17(20)16-10-12(2)15(21-16)6-4-5-9-19/h10-11,13-14,19H,5,7-9H2,1-3H3,(H,18,20). The molecule has 3 unspecified atom stereocenters. The second-order valence-electron chi connectivity index (χ2n) is 5.89. The van der Waals surface area contributed by atoms with Gasteiger partial charge in [-0.15, -0.1) is 11.3 Å². The maximum atomic E-state index is 12.4. The van der Waals surface area contributed by atoms with Crippen molar-refractivity contribution in [1.82, 2.24) is 5.32 Å². The van der Waals surface area contributed by atoms with Crippen LogP contribution in [0.15, 0.2) is 6.07 Å². The molecule has 4 heteroatoms. The third-order valence-electron chi connectivity index (χ3n) is 4.36. The van der Waals surface area contributed by atoms with Gasteiger partial charge in [0.15, 0.2) is 0 Å². The molecular formula is C17H23NO2S. The minimum Gasteiger partial charge on any atom is -0.395 e. The van der Waals surface area contributed by atoms with Crippen LogP contribution in [0.4, 0.5) is 0 Å². The molecule has 2 N–H and O–H groups in total. The Hall–Kier alpha value is -1.31. The van der Waals surface area contributed by atoms with Crippen LogP contribution in [-0.4, -0.2) is 23.7 Å². The van der Waals surface area contributed by atoms with Crippen LogP contribution in [0.5, 0.6) is 0 Å². The topological polar surface area (TPSA) is 49.3 Å². The molecule has 1 heterocycles. The molecule has 2 rings (SSSR count). The molecule has 0 aromatic carbocycles. The smallest absolute Gasteiger partial charge is 0.261 e. The average molecular weight is 305 g/mol. The van der Waals surface area contributed by atoms with Crippen molar-refractivity contribution in [3.05, 3.63) is 21.4 Å². The monoisotopic (exact) mass is 305 g/mol. The van der Waals surface area contributed by atoms with Crippen molar-refractivity contribution >= 4 is 17.2 Å². The van der Waals surface area contributed by atoms with Crippen LogP contribution >= 0.6 is 11.3 Å². The molecule has 0 saturated heterocycles. The summed E-state index contributed by atoms with van der Waals surface area (Å²) in [6.07, 6.45) is 2.73. The first-order valence-corrected chi connectivity index (χ1v) is 8.35. The summed E-state index contributed by atoms with van der Waals surface area (Å²) in [7, 11) is 0. The zero-order chi connectivity index (χ0) is 15.4. The summed E-state index contributed by atoms with van der Waals surface area (Å²) in [5.74, 6) is 7.18. The number of amides is 1. The van der Waals surface area contributed by atoms with Gasteiger partial charge in [-0.05, 0) is 43.2 Å². The van der Waals surface area contributed by atoms with Gasteiger partial charge >= 0.3 is 0 Å². The molecule has 1 aromatic heterocycles. The highest BCUT2D eigenvalue weighted by atomic mass is 32.1. The molecular weight excluding hydrogens is 282 g/mol. The first kappa shape index (κ1) is 16.1. The fourth-order valence-corrected chi connectivity index (χ4v) is 3.68. The number of carbonyl (C=O) groups is 1. The van der Waals surface area contributed by atoms with Crippen molar-refractivity contribution in [2.75, 3.05) is 6.61 Å². The molecule has 1 aliphatic rings. The molecule has 3 nitrogen and oxygen atoms in total. The summed E-state index contributed by atoms with van der Waals surface area (Å²) >= 11 is 1.44. The number of hydrogen-bond acceptors (Lipinski definition) is 3. The Labute approximate surface area is 130 Å². The van der Waals surface area contributed by atoms with E-state index in [0.29, 0.717) is 24.3 Å². The maximum Gasteiger partial charge on any atom is 0.261 e. The molecule has 1 saturated carbocycles. The third-order valence-corrected chi connectivity index (χ3v) is 5.51. The van der Waals surface area contributed by atoms with Crippen LogP contribution in [0.25, 0.3) is 0 Å². The highest BCUT2D eigenvalue weighted by Crippen LogP contribution is 2.31. The first-order chi connectivity index (χ1) is 10.0. The van der Waals surface area contributed by atoms with Gasteiger partial charge in [0.25, 0.3) is 5.91 Å². The Kier molecular flexibility index (Phi) is 5.44. The lowest BCUT2D eigenvalue weighted by Crippen LogP contribution is -2.36. The van der Waals surface area contributed by atoms with Crippen LogP contribution in [0.2, 0.25) is 0 Å². The Morgan fingerprint density at radius 2 is 2.24 bits per heavy atom. The van der Waals surface area contributed by atoms with Gasteiger partial charge in [0, 0.05) is 12.5 Å². The highest BCUT2D eigenvalue weighted by Gasteiger charge is 2.31. The van der Waals surface area contributed by atoms with E-state index >= 15 is 0 Å². The summed E-state index contributed by atoms with van der Waals surface area (Å²) < 4.78 is 0. The highest BCUT2D eigenvalue weighted by molar-refractivity contribution is 7.14. The lowest BCUT2D eigenvalue weighted by atomic mass is 9.98. The normalized spacial score (nSPS) is 24.5. The van der Waals surface area contributed by atoms with E-state index in [-0.39, 0.29) is 12.5 Å². The molecule has 1 fully saturated rings. The second-order valence-corrected chi connectivity index (χ2v) is 6.94. The van der Waals surface area contributed by atoms with E-state index in [1.54, 1.807) is 0 Å². The number of aliphatic hydroxyl groups is 1. The van der Waals surface area contributed by atoms with E-state index in [1.165, 1.54) is 17.8 Å². The van der Waals surface area contributed by atoms with E-state index < -0.39 is 0 Å². The number of aryl methyl sites for hydroxylation is 1. The van der Waals surface area contributed by atoms with Gasteiger partial charge in [-0.2, -0.15) is 0 Å². The summed E-state index contributed by atoms with van der Waals surface area (Å²) in [4.78, 5) is 14.0.